The quantitative estimate of drug-likeness (QED) is 0.0280. The average molecular weight is 759 g/mol. The van der Waals surface area contributed by atoms with Gasteiger partial charge in [0.05, 0.1) is 12.7 Å². The van der Waals surface area contributed by atoms with E-state index in [1.54, 1.807) is 6.08 Å². The maximum atomic E-state index is 12.2. The zero-order valence-corrected chi connectivity index (χ0v) is 35.5. The third-order valence-corrected chi connectivity index (χ3v) is 10.3. The zero-order valence-electron chi connectivity index (χ0n) is 35.5. The van der Waals surface area contributed by atoms with Gasteiger partial charge in [-0.3, -0.25) is 9.59 Å². The molecule has 6 heteroatoms. The molecule has 0 saturated heterocycles. The van der Waals surface area contributed by atoms with E-state index in [0.717, 1.165) is 44.4 Å². The summed E-state index contributed by atoms with van der Waals surface area (Å²) in [5.74, 6) is 0.120. The van der Waals surface area contributed by atoms with Crippen molar-refractivity contribution in [2.45, 2.75) is 226 Å². The van der Waals surface area contributed by atoms with Gasteiger partial charge in [0.25, 0.3) is 0 Å². The van der Waals surface area contributed by atoms with E-state index >= 15 is 0 Å². The lowest BCUT2D eigenvalue weighted by Gasteiger charge is -2.16. The number of rotatable bonds is 40. The van der Waals surface area contributed by atoms with Crippen LogP contribution >= 0.6 is 0 Å². The number of esters is 2. The fourth-order valence-corrected chi connectivity index (χ4v) is 6.40. The smallest absolute Gasteiger partial charge is 0.306 e. The molecule has 0 aromatic carbocycles. The summed E-state index contributed by atoms with van der Waals surface area (Å²) in [6.07, 6.45) is 49.2. The third-order valence-electron chi connectivity index (χ3n) is 10.3. The Morgan fingerprint density at radius 3 is 1.65 bits per heavy atom. The highest BCUT2D eigenvalue weighted by Gasteiger charge is 2.16. The SMILES string of the molecule is CCCCC/C=C\C/C=C\C/C=C\C=C\[C@@H](O)CCCC(=O)OC[C@H](CO)OC(=O)CCCCCCCCCCCCCCCCCCCCC(C)CC. The molecule has 0 spiro atoms. The lowest BCUT2D eigenvalue weighted by molar-refractivity contribution is -0.161. The number of hydrogen-bond donors (Lipinski definition) is 2. The molecule has 3 atom stereocenters. The van der Waals surface area contributed by atoms with Crippen LogP contribution in [-0.2, 0) is 19.1 Å². The predicted octanol–water partition coefficient (Wildman–Crippen LogP) is 13.4. The van der Waals surface area contributed by atoms with Crippen molar-refractivity contribution < 1.29 is 29.3 Å². The van der Waals surface area contributed by atoms with Crippen LogP contribution in [0.4, 0.5) is 0 Å². The zero-order chi connectivity index (χ0) is 39.6. The Balaban J connectivity index is 3.66. The Hall–Kier alpha value is -2.18. The van der Waals surface area contributed by atoms with E-state index in [9.17, 15) is 19.8 Å². The highest BCUT2D eigenvalue weighted by atomic mass is 16.6. The molecule has 0 aliphatic carbocycles. The normalized spacial score (nSPS) is 13.8. The summed E-state index contributed by atoms with van der Waals surface area (Å²) >= 11 is 0. The highest BCUT2D eigenvalue weighted by molar-refractivity contribution is 5.70. The Morgan fingerprint density at radius 2 is 1.09 bits per heavy atom. The molecule has 0 aromatic rings. The molecule has 0 aliphatic rings. The number of carbonyl (C=O) groups excluding carboxylic acids is 2. The van der Waals surface area contributed by atoms with Gasteiger partial charge in [-0.15, -0.1) is 0 Å². The lowest BCUT2D eigenvalue weighted by Crippen LogP contribution is -2.28. The van der Waals surface area contributed by atoms with E-state index in [2.05, 4.69) is 45.1 Å². The monoisotopic (exact) mass is 759 g/mol. The van der Waals surface area contributed by atoms with Crippen molar-refractivity contribution >= 4 is 11.9 Å². The lowest BCUT2D eigenvalue weighted by atomic mass is 9.99. The molecule has 0 saturated carbocycles. The number of hydrogen-bond acceptors (Lipinski definition) is 6. The molecular formula is C48H86O6. The van der Waals surface area contributed by atoms with Crippen LogP contribution in [0.15, 0.2) is 48.6 Å². The van der Waals surface area contributed by atoms with Crippen LogP contribution < -0.4 is 0 Å². The molecule has 0 amide bonds. The van der Waals surface area contributed by atoms with Crippen molar-refractivity contribution in [3.05, 3.63) is 48.6 Å². The van der Waals surface area contributed by atoms with E-state index in [4.69, 9.17) is 9.47 Å². The molecule has 6 nitrogen and oxygen atoms in total. The third kappa shape index (κ3) is 39.5. The number of allylic oxidation sites excluding steroid dienone is 7. The van der Waals surface area contributed by atoms with Crippen LogP contribution in [0.25, 0.3) is 0 Å². The van der Waals surface area contributed by atoms with Crippen molar-refractivity contribution in [3.63, 3.8) is 0 Å². The fraction of sp³-hybridized carbons (Fsp3) is 0.792. The van der Waals surface area contributed by atoms with E-state index < -0.39 is 18.2 Å². The van der Waals surface area contributed by atoms with Gasteiger partial charge in [0, 0.05) is 12.8 Å². The maximum absolute atomic E-state index is 12.2. The van der Waals surface area contributed by atoms with E-state index in [0.29, 0.717) is 19.3 Å². The van der Waals surface area contributed by atoms with Crippen molar-refractivity contribution in [3.8, 4) is 0 Å². The van der Waals surface area contributed by atoms with Crippen molar-refractivity contribution in [2.75, 3.05) is 13.2 Å². The molecule has 0 heterocycles. The number of ether oxygens (including phenoxy) is 2. The van der Waals surface area contributed by atoms with Gasteiger partial charge in [-0.1, -0.05) is 204 Å². The molecule has 1 unspecified atom stereocenters. The second-order valence-electron chi connectivity index (χ2n) is 15.6. The van der Waals surface area contributed by atoms with Gasteiger partial charge in [0.1, 0.15) is 6.61 Å². The molecule has 0 rings (SSSR count). The van der Waals surface area contributed by atoms with E-state index in [1.165, 1.54) is 128 Å². The van der Waals surface area contributed by atoms with Crippen LogP contribution in [0.5, 0.6) is 0 Å². The summed E-state index contributed by atoms with van der Waals surface area (Å²) in [5, 5.41) is 19.7. The summed E-state index contributed by atoms with van der Waals surface area (Å²) in [7, 11) is 0. The summed E-state index contributed by atoms with van der Waals surface area (Å²) < 4.78 is 10.5. The molecule has 314 valence electrons. The number of unbranched alkanes of at least 4 members (excludes halogenated alkanes) is 20. The van der Waals surface area contributed by atoms with Crippen LogP contribution in [0.1, 0.15) is 213 Å². The number of carbonyl (C=O) groups is 2. The minimum absolute atomic E-state index is 0.156. The fourth-order valence-electron chi connectivity index (χ4n) is 6.40. The number of aliphatic hydroxyl groups excluding tert-OH is 2. The predicted molar refractivity (Wildman–Crippen MR) is 230 cm³/mol. The minimum atomic E-state index is -0.845. The van der Waals surface area contributed by atoms with Gasteiger partial charge in [-0.05, 0) is 50.9 Å². The highest BCUT2D eigenvalue weighted by Crippen LogP contribution is 2.17. The van der Waals surface area contributed by atoms with Gasteiger partial charge in [-0.2, -0.15) is 0 Å². The Morgan fingerprint density at radius 1 is 0.574 bits per heavy atom. The first-order valence-corrected chi connectivity index (χ1v) is 22.7. The summed E-state index contributed by atoms with van der Waals surface area (Å²) in [4.78, 5) is 24.4. The van der Waals surface area contributed by atoms with Crippen LogP contribution in [0.2, 0.25) is 0 Å². The van der Waals surface area contributed by atoms with Crippen LogP contribution in [-0.4, -0.2) is 47.6 Å². The molecule has 54 heavy (non-hydrogen) atoms. The molecule has 2 N–H and O–H groups in total. The van der Waals surface area contributed by atoms with E-state index in [-0.39, 0.29) is 25.6 Å². The van der Waals surface area contributed by atoms with Gasteiger partial charge < -0.3 is 19.7 Å². The van der Waals surface area contributed by atoms with Gasteiger partial charge in [0.15, 0.2) is 6.10 Å². The first kappa shape index (κ1) is 51.8. The largest absolute Gasteiger partial charge is 0.462 e. The standard InChI is InChI=1S/C48H86O6/c1-4-6-7-8-9-10-11-18-22-25-28-31-34-38-45(50)39-36-41-47(51)53-43-46(42-49)54-48(52)40-35-32-29-26-23-20-17-15-13-12-14-16-19-21-24-27-30-33-37-44(3)5-2/h9-10,18,22,28,31,34,38,44-46,49-50H,4-8,11-17,19-21,23-27,29-30,32-33,35-37,39-43H2,1-3H3/b10-9-,22-18-,31-28-,38-34+/t44?,45-,46+/m1/s1. The second-order valence-corrected chi connectivity index (χ2v) is 15.6. The Bertz CT molecular complexity index is 937. The summed E-state index contributed by atoms with van der Waals surface area (Å²) in [5.41, 5.74) is 0. The van der Waals surface area contributed by atoms with Gasteiger partial charge >= 0.3 is 11.9 Å². The summed E-state index contributed by atoms with van der Waals surface area (Å²) in [6, 6.07) is 0. The topological polar surface area (TPSA) is 93.1 Å². The van der Waals surface area contributed by atoms with Crippen molar-refractivity contribution in [1.82, 2.24) is 0 Å². The van der Waals surface area contributed by atoms with Crippen molar-refractivity contribution in [2.24, 2.45) is 5.92 Å². The second kappa shape index (κ2) is 42.0. The van der Waals surface area contributed by atoms with Crippen LogP contribution in [0.3, 0.4) is 0 Å². The van der Waals surface area contributed by atoms with Gasteiger partial charge in [0.2, 0.25) is 0 Å². The Labute approximate surface area is 333 Å². The molecule has 0 aliphatic heterocycles. The van der Waals surface area contributed by atoms with Crippen LogP contribution in [0, 0.1) is 5.92 Å². The maximum Gasteiger partial charge on any atom is 0.306 e. The first-order chi connectivity index (χ1) is 26.4. The first-order valence-electron chi connectivity index (χ1n) is 22.7. The van der Waals surface area contributed by atoms with E-state index in [1.807, 2.05) is 18.2 Å². The molecule has 0 aromatic heterocycles. The molecule has 0 bridgehead atoms. The van der Waals surface area contributed by atoms with Gasteiger partial charge in [-0.25, -0.2) is 0 Å². The summed E-state index contributed by atoms with van der Waals surface area (Å²) in [6.45, 7) is 6.35. The molecule has 0 radical (unpaired) electrons. The molecule has 0 fully saturated rings. The minimum Gasteiger partial charge on any atom is -0.462 e. The number of aliphatic hydroxyl groups is 2. The molecular weight excluding hydrogens is 673 g/mol. The van der Waals surface area contributed by atoms with Crippen molar-refractivity contribution in [1.29, 1.82) is 0 Å². The average Bonchev–Trinajstić information content (AvgIpc) is 3.17. The Kier molecular flexibility index (Phi) is 40.3.